The third kappa shape index (κ3) is 5.52. The molecule has 1 aromatic rings. The maximum absolute atomic E-state index is 12.0. The zero-order valence-electron chi connectivity index (χ0n) is 20.0. The van der Waals surface area contributed by atoms with Gasteiger partial charge in [-0.05, 0) is 35.4 Å². The molecular formula is C24H26N2O13. The SMILES string of the molecule is O=C(O)C1=CC(/C=C/N2c3cc(O)c(O[C@@H]4O[C@H](CO)[C@@H](O)[C@H](O)[C@H]4O)cc3C[C@H]2C(=O)O)=C[C@@H](C(=O)O)N1. The molecule has 0 unspecified atom stereocenters. The molecule has 0 aliphatic carbocycles. The highest BCUT2D eigenvalue weighted by Gasteiger charge is 2.45. The van der Waals surface area contributed by atoms with Gasteiger partial charge in [0.25, 0.3) is 0 Å². The van der Waals surface area contributed by atoms with E-state index >= 15 is 0 Å². The van der Waals surface area contributed by atoms with Crippen LogP contribution in [0.25, 0.3) is 0 Å². The highest BCUT2D eigenvalue weighted by Crippen LogP contribution is 2.42. The number of hydrogen-bond donors (Lipinski definition) is 9. The van der Waals surface area contributed by atoms with Crippen LogP contribution in [0.2, 0.25) is 0 Å². The van der Waals surface area contributed by atoms with Crippen molar-refractivity contribution in [1.82, 2.24) is 5.32 Å². The number of aliphatic carboxylic acids is 3. The van der Waals surface area contributed by atoms with Gasteiger partial charge in [-0.3, -0.25) is 0 Å². The van der Waals surface area contributed by atoms with Crippen LogP contribution >= 0.6 is 0 Å². The lowest BCUT2D eigenvalue weighted by atomic mass is 9.99. The second kappa shape index (κ2) is 10.9. The number of fused-ring (bicyclic) bond motifs is 1. The Balaban J connectivity index is 1.62. The summed E-state index contributed by atoms with van der Waals surface area (Å²) in [5.41, 5.74) is 0.467. The van der Waals surface area contributed by atoms with Crippen molar-refractivity contribution in [1.29, 1.82) is 0 Å². The number of phenolic OH excluding ortho intramolecular Hbond substituents is 1. The first-order valence-electron chi connectivity index (χ1n) is 11.6. The number of nitrogens with one attached hydrogen (secondary N) is 1. The molecule has 3 heterocycles. The molecule has 0 bridgehead atoms. The molecule has 39 heavy (non-hydrogen) atoms. The number of anilines is 1. The molecule has 4 rings (SSSR count). The van der Waals surface area contributed by atoms with Crippen LogP contribution in [0, 0.1) is 0 Å². The normalized spacial score (nSPS) is 30.3. The Hall–Kier alpha value is -4.15. The van der Waals surface area contributed by atoms with Crippen LogP contribution < -0.4 is 15.0 Å². The van der Waals surface area contributed by atoms with Gasteiger partial charge in [-0.2, -0.15) is 0 Å². The molecule has 1 aromatic carbocycles. The lowest BCUT2D eigenvalue weighted by molar-refractivity contribution is -0.277. The zero-order chi connectivity index (χ0) is 28.6. The van der Waals surface area contributed by atoms with E-state index < -0.39 is 73.1 Å². The van der Waals surface area contributed by atoms with Gasteiger partial charge in [-0.15, -0.1) is 0 Å². The number of dihydropyridines is 1. The zero-order valence-corrected chi connectivity index (χ0v) is 20.0. The first-order valence-corrected chi connectivity index (χ1v) is 11.6. The predicted octanol–water partition coefficient (Wildman–Crippen LogP) is -2.15. The van der Waals surface area contributed by atoms with E-state index in [4.69, 9.17) is 9.47 Å². The van der Waals surface area contributed by atoms with Gasteiger partial charge in [-0.25, -0.2) is 14.4 Å². The van der Waals surface area contributed by atoms with E-state index in [0.717, 1.165) is 0 Å². The number of phenols is 1. The first-order chi connectivity index (χ1) is 18.4. The van der Waals surface area contributed by atoms with Gasteiger partial charge < -0.3 is 60.5 Å². The summed E-state index contributed by atoms with van der Waals surface area (Å²) in [5, 5.41) is 80.7. The van der Waals surface area contributed by atoms with Gasteiger partial charge in [0.05, 0.1) is 6.61 Å². The van der Waals surface area contributed by atoms with Crippen molar-refractivity contribution in [2.24, 2.45) is 0 Å². The number of aliphatic hydroxyl groups excluding tert-OH is 4. The number of aliphatic hydroxyl groups is 4. The van der Waals surface area contributed by atoms with Crippen LogP contribution in [-0.2, 0) is 25.5 Å². The van der Waals surface area contributed by atoms with E-state index in [2.05, 4.69) is 5.32 Å². The Kier molecular flexibility index (Phi) is 7.80. The third-order valence-corrected chi connectivity index (χ3v) is 6.47. The van der Waals surface area contributed by atoms with E-state index in [0.29, 0.717) is 5.56 Å². The highest BCUT2D eigenvalue weighted by atomic mass is 16.7. The van der Waals surface area contributed by atoms with E-state index in [1.807, 2.05) is 0 Å². The summed E-state index contributed by atoms with van der Waals surface area (Å²) in [5.74, 6) is -4.65. The molecule has 3 aliphatic heterocycles. The topological polar surface area (TPSA) is 247 Å². The molecule has 0 radical (unpaired) electrons. The summed E-state index contributed by atoms with van der Waals surface area (Å²) in [4.78, 5) is 36.0. The Morgan fingerprint density at radius 2 is 1.79 bits per heavy atom. The first kappa shape index (κ1) is 27.9. The monoisotopic (exact) mass is 550 g/mol. The Labute approximate surface area is 219 Å². The quantitative estimate of drug-likeness (QED) is 0.167. The molecule has 0 saturated carbocycles. The number of hydrogen-bond acceptors (Lipinski definition) is 12. The van der Waals surface area contributed by atoms with Crippen LogP contribution in [0.3, 0.4) is 0 Å². The minimum Gasteiger partial charge on any atom is -0.504 e. The fourth-order valence-electron chi connectivity index (χ4n) is 4.44. The highest BCUT2D eigenvalue weighted by molar-refractivity contribution is 5.90. The molecule has 0 aromatic heterocycles. The summed E-state index contributed by atoms with van der Waals surface area (Å²) < 4.78 is 10.8. The van der Waals surface area contributed by atoms with E-state index in [1.54, 1.807) is 0 Å². The Morgan fingerprint density at radius 3 is 2.41 bits per heavy atom. The molecule has 0 amide bonds. The van der Waals surface area contributed by atoms with Crippen molar-refractivity contribution in [2.75, 3.05) is 11.5 Å². The van der Waals surface area contributed by atoms with Crippen molar-refractivity contribution in [3.63, 3.8) is 0 Å². The molecule has 1 saturated heterocycles. The lowest BCUT2D eigenvalue weighted by Crippen LogP contribution is -2.60. The molecule has 0 spiro atoms. The van der Waals surface area contributed by atoms with Crippen molar-refractivity contribution in [2.45, 2.75) is 49.2 Å². The van der Waals surface area contributed by atoms with Gasteiger partial charge in [0.15, 0.2) is 11.5 Å². The molecular weight excluding hydrogens is 524 g/mol. The predicted molar refractivity (Wildman–Crippen MR) is 128 cm³/mol. The van der Waals surface area contributed by atoms with Gasteiger partial charge >= 0.3 is 17.9 Å². The van der Waals surface area contributed by atoms with Crippen LogP contribution in [-0.4, -0.2) is 108 Å². The maximum Gasteiger partial charge on any atom is 0.352 e. The molecule has 9 N–H and O–H groups in total. The average molecular weight is 550 g/mol. The fourth-order valence-corrected chi connectivity index (χ4v) is 4.44. The minimum atomic E-state index is -1.74. The van der Waals surface area contributed by atoms with Crippen LogP contribution in [0.5, 0.6) is 11.5 Å². The summed E-state index contributed by atoms with van der Waals surface area (Å²) in [6.07, 6.45) is -2.88. The number of aromatic hydroxyl groups is 1. The molecule has 15 nitrogen and oxygen atoms in total. The average Bonchev–Trinajstić information content (AvgIpc) is 3.24. The van der Waals surface area contributed by atoms with Crippen molar-refractivity contribution in [3.8, 4) is 11.5 Å². The molecule has 15 heteroatoms. The van der Waals surface area contributed by atoms with Gasteiger partial charge in [0, 0.05) is 24.4 Å². The number of carboxylic acids is 3. The number of nitrogens with zero attached hydrogens (tertiary/aromatic N) is 1. The Bertz CT molecular complexity index is 1260. The molecule has 210 valence electrons. The van der Waals surface area contributed by atoms with Crippen molar-refractivity contribution >= 4 is 23.6 Å². The number of allylic oxidation sites excluding steroid dienone is 3. The van der Waals surface area contributed by atoms with E-state index in [1.165, 1.54) is 41.5 Å². The van der Waals surface area contributed by atoms with E-state index in [9.17, 15) is 55.2 Å². The number of carbonyl (C=O) groups is 3. The standard InChI is InChI=1S/C24H26N2O13/c27-8-17-18(29)19(30)20(31)24(39-17)38-16-6-10-5-14(23(36)37)26(13(10)7-15(16)28)2-1-9-3-11(21(32)33)25-12(4-9)22(34)35/h1-4,6-7,11,14,17-20,24-25,27-31H,5,8H2,(H,32,33)(H,34,35)(H,36,37)/b2-1+/t11-,14-,17+,18+,19-,20+,24+/m0/s1. The van der Waals surface area contributed by atoms with Crippen LogP contribution in [0.4, 0.5) is 5.69 Å². The number of ether oxygens (including phenoxy) is 2. The summed E-state index contributed by atoms with van der Waals surface area (Å²) in [6, 6.07) is 0.0200. The minimum absolute atomic E-state index is 0.0606. The fraction of sp³-hybridized carbons (Fsp3) is 0.375. The second-order valence-electron chi connectivity index (χ2n) is 9.04. The van der Waals surface area contributed by atoms with Crippen LogP contribution in [0.1, 0.15) is 5.56 Å². The Morgan fingerprint density at radius 1 is 1.08 bits per heavy atom. The second-order valence-corrected chi connectivity index (χ2v) is 9.04. The molecule has 1 fully saturated rings. The lowest BCUT2D eigenvalue weighted by Gasteiger charge is -2.39. The molecule has 7 atom stereocenters. The largest absolute Gasteiger partial charge is 0.504 e. The van der Waals surface area contributed by atoms with Gasteiger partial charge in [0.1, 0.15) is 42.2 Å². The number of benzene rings is 1. The van der Waals surface area contributed by atoms with Gasteiger partial charge in [-0.1, -0.05) is 0 Å². The van der Waals surface area contributed by atoms with E-state index in [-0.39, 0.29) is 29.1 Å². The maximum atomic E-state index is 12.0. The smallest absolute Gasteiger partial charge is 0.352 e. The molecule has 3 aliphatic rings. The van der Waals surface area contributed by atoms with Crippen molar-refractivity contribution in [3.05, 3.63) is 53.4 Å². The van der Waals surface area contributed by atoms with Crippen molar-refractivity contribution < 1.29 is 64.7 Å². The summed E-state index contributed by atoms with van der Waals surface area (Å²) >= 11 is 0. The van der Waals surface area contributed by atoms with Gasteiger partial charge in [0.2, 0.25) is 6.29 Å². The van der Waals surface area contributed by atoms with Crippen LogP contribution in [0.15, 0.2) is 47.8 Å². The summed E-state index contributed by atoms with van der Waals surface area (Å²) in [7, 11) is 0. The number of rotatable bonds is 8. The summed E-state index contributed by atoms with van der Waals surface area (Å²) in [6.45, 7) is -0.689. The third-order valence-electron chi connectivity index (χ3n) is 6.47. The number of carboxylic acid groups (broad SMARTS) is 3.